The van der Waals surface area contributed by atoms with Gasteiger partial charge in [-0.05, 0) is 56.2 Å². The van der Waals surface area contributed by atoms with Crippen molar-refractivity contribution in [2.45, 2.75) is 72.3 Å². The third kappa shape index (κ3) is 8.14. The molecule has 12 nitrogen and oxygen atoms in total. The van der Waals surface area contributed by atoms with Crippen LogP contribution in [0.2, 0.25) is 0 Å². The van der Waals surface area contributed by atoms with Crippen LogP contribution in [0.15, 0.2) is 54.7 Å². The minimum Gasteiger partial charge on any atom is -0.497 e. The van der Waals surface area contributed by atoms with Crippen molar-refractivity contribution in [2.75, 3.05) is 33.3 Å². The zero-order valence-corrected chi connectivity index (χ0v) is 29.5. The summed E-state index contributed by atoms with van der Waals surface area (Å²) in [7, 11) is 6.58. The summed E-state index contributed by atoms with van der Waals surface area (Å²) in [6.45, 7) is 7.90. The highest BCUT2D eigenvalue weighted by atomic mass is 16.5. The second kappa shape index (κ2) is 16.3. The predicted octanol–water partition coefficient (Wildman–Crippen LogP) is 6.10. The van der Waals surface area contributed by atoms with Gasteiger partial charge in [-0.2, -0.15) is 0 Å². The van der Waals surface area contributed by atoms with E-state index in [0.717, 1.165) is 53.0 Å². The first kappa shape index (κ1) is 35.2. The smallest absolute Gasteiger partial charge is 0.260 e. The van der Waals surface area contributed by atoms with Gasteiger partial charge in [0.15, 0.2) is 5.82 Å². The van der Waals surface area contributed by atoms with Crippen molar-refractivity contribution in [3.8, 4) is 28.9 Å². The quantitative estimate of drug-likeness (QED) is 0.123. The van der Waals surface area contributed by atoms with Crippen molar-refractivity contribution in [1.82, 2.24) is 24.7 Å². The highest BCUT2D eigenvalue weighted by Crippen LogP contribution is 2.36. The molecule has 0 atom stereocenters. The molecule has 2 N–H and O–H groups in total. The summed E-state index contributed by atoms with van der Waals surface area (Å²) < 4.78 is 31.1. The molecule has 260 valence electrons. The first-order valence-electron chi connectivity index (χ1n) is 16.5. The van der Waals surface area contributed by atoms with Crippen LogP contribution in [0.1, 0.15) is 61.8 Å². The van der Waals surface area contributed by atoms with Gasteiger partial charge in [-0.3, -0.25) is 4.98 Å². The van der Waals surface area contributed by atoms with Gasteiger partial charge in [0.05, 0.1) is 46.8 Å². The Bertz CT molecular complexity index is 1780. The maximum absolute atomic E-state index is 6.30. The third-order valence-electron chi connectivity index (χ3n) is 8.25. The van der Waals surface area contributed by atoms with E-state index in [1.165, 1.54) is 0 Å². The standard InChI is InChI=1S/C37H47N7O5/c1-8-9-10-33-40-34-35(44(33)23-28-14-11-25(19-38)20-39-28)37(49-24(2)3)42-41-36(34)43(21-26-12-15-29(45-4)17-31(26)47-6)22-27-13-16-30(46-5)18-32(27)48-7/h11-18,20,24H,8-10,19,21-23,38H2,1-7H3. The second-order valence-corrected chi connectivity index (χ2v) is 12.0. The van der Waals surface area contributed by atoms with E-state index in [2.05, 4.69) is 16.4 Å². The number of hydrogen-bond acceptors (Lipinski definition) is 11. The number of unbranched alkanes of at least 4 members (excludes halogenated alkanes) is 1. The van der Waals surface area contributed by atoms with E-state index < -0.39 is 0 Å². The molecule has 2 aromatic carbocycles. The number of nitrogens with zero attached hydrogens (tertiary/aromatic N) is 6. The van der Waals surface area contributed by atoms with Gasteiger partial charge in [-0.25, -0.2) is 4.98 Å². The van der Waals surface area contributed by atoms with Gasteiger partial charge < -0.3 is 38.9 Å². The number of aromatic nitrogens is 5. The molecule has 0 saturated carbocycles. The van der Waals surface area contributed by atoms with Crippen LogP contribution in [0.25, 0.3) is 11.0 Å². The van der Waals surface area contributed by atoms with E-state index >= 15 is 0 Å². The number of rotatable bonds is 17. The second-order valence-electron chi connectivity index (χ2n) is 12.0. The third-order valence-corrected chi connectivity index (χ3v) is 8.25. The van der Waals surface area contributed by atoms with E-state index in [-0.39, 0.29) is 6.10 Å². The van der Waals surface area contributed by atoms with Crippen LogP contribution in [0.5, 0.6) is 28.9 Å². The van der Waals surface area contributed by atoms with Crippen molar-refractivity contribution >= 4 is 16.9 Å². The maximum atomic E-state index is 6.30. The molecule has 0 bridgehead atoms. The molecule has 3 aromatic heterocycles. The minimum absolute atomic E-state index is 0.129. The van der Waals surface area contributed by atoms with Crippen LogP contribution >= 0.6 is 0 Å². The number of benzene rings is 2. The molecule has 0 unspecified atom stereocenters. The van der Waals surface area contributed by atoms with Crippen molar-refractivity contribution in [2.24, 2.45) is 5.73 Å². The lowest BCUT2D eigenvalue weighted by Crippen LogP contribution is -2.25. The summed E-state index contributed by atoms with van der Waals surface area (Å²) in [6, 6.07) is 15.6. The van der Waals surface area contributed by atoms with Crippen molar-refractivity contribution in [3.05, 3.63) is 82.9 Å². The highest BCUT2D eigenvalue weighted by molar-refractivity contribution is 5.90. The Labute approximate surface area is 288 Å². The van der Waals surface area contributed by atoms with Gasteiger partial charge in [0.25, 0.3) is 5.88 Å². The molecular formula is C37H47N7O5. The summed E-state index contributed by atoms with van der Waals surface area (Å²) in [6.07, 6.45) is 4.45. The SMILES string of the molecule is CCCCc1nc2c(N(Cc3ccc(OC)cc3OC)Cc3ccc(OC)cc3OC)nnc(OC(C)C)c2n1Cc1ccc(CN)cn1. The molecule has 12 heteroatoms. The Kier molecular flexibility index (Phi) is 11.7. The van der Waals surface area contributed by atoms with Crippen LogP contribution in [0.4, 0.5) is 5.82 Å². The van der Waals surface area contributed by atoms with Gasteiger partial charge in [0, 0.05) is 55.5 Å². The van der Waals surface area contributed by atoms with Gasteiger partial charge in [-0.15, -0.1) is 10.2 Å². The predicted molar refractivity (Wildman–Crippen MR) is 190 cm³/mol. The van der Waals surface area contributed by atoms with Gasteiger partial charge in [-0.1, -0.05) is 19.4 Å². The summed E-state index contributed by atoms with van der Waals surface area (Å²) in [5, 5.41) is 9.51. The molecule has 0 aliphatic carbocycles. The summed E-state index contributed by atoms with van der Waals surface area (Å²) >= 11 is 0. The molecule has 49 heavy (non-hydrogen) atoms. The number of fused-ring (bicyclic) bond motifs is 1. The van der Waals surface area contributed by atoms with E-state index in [4.69, 9.17) is 49.6 Å². The van der Waals surface area contributed by atoms with Crippen LogP contribution < -0.4 is 34.3 Å². The number of imidazole rings is 1. The summed E-state index contributed by atoms with van der Waals surface area (Å²) in [4.78, 5) is 12.1. The zero-order chi connectivity index (χ0) is 34.9. The van der Waals surface area contributed by atoms with Gasteiger partial charge in [0.2, 0.25) is 0 Å². The van der Waals surface area contributed by atoms with Crippen LogP contribution in [0.3, 0.4) is 0 Å². The lowest BCUT2D eigenvalue weighted by molar-refractivity contribution is 0.232. The van der Waals surface area contributed by atoms with Crippen molar-refractivity contribution in [1.29, 1.82) is 0 Å². The Morgan fingerprint density at radius 2 is 1.49 bits per heavy atom. The normalized spacial score (nSPS) is 11.2. The van der Waals surface area contributed by atoms with Crippen LogP contribution in [0, 0.1) is 0 Å². The lowest BCUT2D eigenvalue weighted by Gasteiger charge is -2.26. The first-order valence-corrected chi connectivity index (χ1v) is 16.5. The zero-order valence-electron chi connectivity index (χ0n) is 29.5. The number of anilines is 1. The largest absolute Gasteiger partial charge is 0.497 e. The monoisotopic (exact) mass is 669 g/mol. The molecule has 0 aliphatic heterocycles. The van der Waals surface area contributed by atoms with E-state index in [9.17, 15) is 0 Å². The number of ether oxygens (including phenoxy) is 5. The van der Waals surface area contributed by atoms with Crippen molar-refractivity contribution in [3.63, 3.8) is 0 Å². The Morgan fingerprint density at radius 1 is 0.837 bits per heavy atom. The van der Waals surface area contributed by atoms with Crippen LogP contribution in [-0.4, -0.2) is 59.3 Å². The number of methoxy groups -OCH3 is 4. The maximum Gasteiger partial charge on any atom is 0.260 e. The highest BCUT2D eigenvalue weighted by Gasteiger charge is 2.26. The first-order chi connectivity index (χ1) is 23.8. The molecule has 0 fully saturated rings. The molecule has 5 rings (SSSR count). The molecule has 0 spiro atoms. The Balaban J connectivity index is 1.72. The molecular weight excluding hydrogens is 622 g/mol. The topological polar surface area (TPSA) is 132 Å². The minimum atomic E-state index is -0.129. The molecule has 0 amide bonds. The average Bonchev–Trinajstić information content (AvgIpc) is 3.48. The van der Waals surface area contributed by atoms with Crippen LogP contribution in [-0.2, 0) is 32.6 Å². The molecule has 0 saturated heterocycles. The van der Waals surface area contributed by atoms with Gasteiger partial charge >= 0.3 is 0 Å². The molecule has 5 aromatic rings. The van der Waals surface area contributed by atoms with E-state index in [1.807, 2.05) is 68.6 Å². The fourth-order valence-electron chi connectivity index (χ4n) is 5.68. The average molecular weight is 670 g/mol. The van der Waals surface area contributed by atoms with Gasteiger partial charge in [0.1, 0.15) is 39.9 Å². The molecule has 3 heterocycles. The number of nitrogens with two attached hydrogens (primary N) is 1. The Morgan fingerprint density at radius 3 is 2.00 bits per heavy atom. The lowest BCUT2D eigenvalue weighted by atomic mass is 10.1. The molecule has 0 aliphatic rings. The Hall–Kier alpha value is -5.10. The number of aryl methyl sites for hydroxylation is 1. The summed E-state index contributed by atoms with van der Waals surface area (Å²) in [5.41, 5.74) is 11.0. The fraction of sp³-hybridized carbons (Fsp3) is 0.405. The fourth-order valence-corrected chi connectivity index (χ4v) is 5.68. The van der Waals surface area contributed by atoms with E-state index in [0.29, 0.717) is 66.4 Å². The number of hydrogen-bond donors (Lipinski definition) is 1. The summed E-state index contributed by atoms with van der Waals surface area (Å²) in [5.74, 6) is 4.72. The number of pyridine rings is 1. The van der Waals surface area contributed by atoms with E-state index in [1.54, 1.807) is 28.4 Å². The molecule has 0 radical (unpaired) electrons. The van der Waals surface area contributed by atoms with Crippen molar-refractivity contribution < 1.29 is 23.7 Å².